The Kier molecular flexibility index (Phi) is 6.96. The molecule has 1 amide bonds. The van der Waals surface area contributed by atoms with E-state index >= 15 is 0 Å². The Morgan fingerprint density at radius 3 is 2.56 bits per heavy atom. The Morgan fingerprint density at radius 2 is 1.93 bits per heavy atom. The molecule has 3 rings (SSSR count). The Hall–Kier alpha value is -1.79. The zero-order chi connectivity index (χ0) is 19.2. The average molecular weight is 376 g/mol. The van der Waals surface area contributed by atoms with E-state index < -0.39 is 0 Å². The number of ether oxygens (including phenoxy) is 2. The first kappa shape index (κ1) is 20.0. The van der Waals surface area contributed by atoms with Crippen LogP contribution in [0, 0.1) is 0 Å². The summed E-state index contributed by atoms with van der Waals surface area (Å²) >= 11 is 0. The van der Waals surface area contributed by atoms with E-state index in [9.17, 15) is 4.79 Å². The van der Waals surface area contributed by atoms with Gasteiger partial charge in [0.1, 0.15) is 17.6 Å². The number of rotatable bonds is 7. The van der Waals surface area contributed by atoms with E-state index in [1.165, 1.54) is 0 Å². The van der Waals surface area contributed by atoms with E-state index in [1.54, 1.807) is 7.11 Å². The van der Waals surface area contributed by atoms with Crippen LogP contribution in [0.25, 0.3) is 0 Å². The number of likely N-dealkylation sites (tertiary alicyclic amines) is 2. The zero-order valence-corrected chi connectivity index (χ0v) is 16.5. The molecular weight excluding hydrogens is 344 g/mol. The lowest BCUT2D eigenvalue weighted by atomic mass is 10.0. The Labute approximate surface area is 162 Å². The smallest absolute Gasteiger partial charge is 0.257 e. The van der Waals surface area contributed by atoms with Crippen LogP contribution in [0.5, 0.6) is 11.5 Å². The van der Waals surface area contributed by atoms with Crippen molar-refractivity contribution >= 4 is 5.91 Å². The van der Waals surface area contributed by atoms with Crippen LogP contribution in [-0.2, 0) is 0 Å². The second-order valence-corrected chi connectivity index (χ2v) is 7.58. The zero-order valence-electron chi connectivity index (χ0n) is 16.5. The molecule has 6 nitrogen and oxygen atoms in total. The van der Waals surface area contributed by atoms with Gasteiger partial charge in [0.05, 0.1) is 12.7 Å². The molecule has 2 saturated heterocycles. The predicted molar refractivity (Wildman–Crippen MR) is 105 cm³/mol. The molecule has 6 heteroatoms. The number of methoxy groups -OCH3 is 1. The molecule has 1 atom stereocenters. The van der Waals surface area contributed by atoms with Gasteiger partial charge in [0, 0.05) is 44.9 Å². The number of piperidine rings is 1. The fraction of sp³-hybridized carbons (Fsp3) is 0.667. The van der Waals surface area contributed by atoms with E-state index in [1.807, 2.05) is 23.1 Å². The van der Waals surface area contributed by atoms with Gasteiger partial charge < -0.3 is 24.4 Å². The highest BCUT2D eigenvalue weighted by atomic mass is 16.5. The maximum absolute atomic E-state index is 12.9. The van der Waals surface area contributed by atoms with Crippen LogP contribution in [0.2, 0.25) is 0 Å². The van der Waals surface area contributed by atoms with Gasteiger partial charge >= 0.3 is 0 Å². The minimum absolute atomic E-state index is 0.0548. The van der Waals surface area contributed by atoms with Gasteiger partial charge in [-0.2, -0.15) is 0 Å². The molecule has 0 bridgehead atoms. The summed E-state index contributed by atoms with van der Waals surface area (Å²) in [5, 5.41) is 9.14. The van der Waals surface area contributed by atoms with Crippen molar-refractivity contribution in [2.24, 2.45) is 0 Å². The first-order chi connectivity index (χ1) is 13.1. The molecule has 1 aromatic carbocycles. The standard InChI is InChI=1S/C21H32N2O4/c1-16(9-14-24)22-12-7-17(8-13-22)27-20-15-18(26-2)5-6-19(20)21(25)23-10-3-4-11-23/h5-6,15-17,24H,3-4,7-14H2,1-2H3/t16-/m0/s1. The van der Waals surface area contributed by atoms with Crippen LogP contribution in [0.1, 0.15) is 49.4 Å². The molecule has 2 aliphatic heterocycles. The van der Waals surface area contributed by atoms with Crippen LogP contribution >= 0.6 is 0 Å². The first-order valence-corrected chi connectivity index (χ1v) is 10.1. The number of aliphatic hydroxyl groups is 1. The highest BCUT2D eigenvalue weighted by Crippen LogP contribution is 2.30. The van der Waals surface area contributed by atoms with E-state index in [0.717, 1.165) is 58.3 Å². The molecule has 0 aromatic heterocycles. The molecule has 1 aromatic rings. The third kappa shape index (κ3) is 4.93. The Balaban J connectivity index is 1.67. The molecule has 1 N–H and O–H groups in total. The second-order valence-electron chi connectivity index (χ2n) is 7.58. The van der Waals surface area contributed by atoms with E-state index in [2.05, 4.69) is 11.8 Å². The van der Waals surface area contributed by atoms with Crippen molar-refractivity contribution in [2.45, 2.75) is 51.2 Å². The number of hydrogen-bond donors (Lipinski definition) is 1. The predicted octanol–water partition coefficient (Wildman–Crippen LogP) is 2.55. The summed E-state index contributed by atoms with van der Waals surface area (Å²) in [6, 6.07) is 5.88. The van der Waals surface area contributed by atoms with Crippen LogP contribution in [0.4, 0.5) is 0 Å². The molecule has 2 aliphatic rings. The normalized spacial score (nSPS) is 19.9. The third-order valence-electron chi connectivity index (χ3n) is 5.75. The fourth-order valence-corrected chi connectivity index (χ4v) is 3.98. The van der Waals surface area contributed by atoms with Gasteiger partial charge in [-0.05, 0) is 51.2 Å². The molecule has 0 saturated carbocycles. The lowest BCUT2D eigenvalue weighted by Crippen LogP contribution is -2.43. The minimum atomic E-state index is 0.0548. The van der Waals surface area contributed by atoms with Crippen molar-refractivity contribution in [1.82, 2.24) is 9.80 Å². The molecular formula is C21H32N2O4. The molecule has 0 radical (unpaired) electrons. The van der Waals surface area contributed by atoms with E-state index in [4.69, 9.17) is 14.6 Å². The van der Waals surface area contributed by atoms with Crippen LogP contribution in [0.15, 0.2) is 18.2 Å². The van der Waals surface area contributed by atoms with Crippen molar-refractivity contribution in [2.75, 3.05) is 39.9 Å². The number of aliphatic hydroxyl groups excluding tert-OH is 1. The second kappa shape index (κ2) is 9.42. The summed E-state index contributed by atoms with van der Waals surface area (Å²) in [4.78, 5) is 17.2. The number of hydrogen-bond acceptors (Lipinski definition) is 5. The quantitative estimate of drug-likeness (QED) is 0.792. The van der Waals surface area contributed by atoms with E-state index in [0.29, 0.717) is 23.1 Å². The maximum Gasteiger partial charge on any atom is 0.257 e. The van der Waals surface area contributed by atoms with Gasteiger partial charge in [0.2, 0.25) is 0 Å². The topological polar surface area (TPSA) is 62.2 Å². The Bertz CT molecular complexity index is 623. The molecule has 0 spiro atoms. The summed E-state index contributed by atoms with van der Waals surface area (Å²) in [5.74, 6) is 1.39. The first-order valence-electron chi connectivity index (χ1n) is 10.1. The van der Waals surface area contributed by atoms with Crippen molar-refractivity contribution in [1.29, 1.82) is 0 Å². The summed E-state index contributed by atoms with van der Waals surface area (Å²) in [5.41, 5.74) is 0.633. The lowest BCUT2D eigenvalue weighted by Gasteiger charge is -2.36. The molecule has 2 heterocycles. The van der Waals surface area contributed by atoms with Gasteiger partial charge in [-0.1, -0.05) is 0 Å². The minimum Gasteiger partial charge on any atom is -0.497 e. The number of carbonyl (C=O) groups is 1. The fourth-order valence-electron chi connectivity index (χ4n) is 3.98. The van der Waals surface area contributed by atoms with Crippen molar-refractivity contribution in [3.8, 4) is 11.5 Å². The number of nitrogens with zero attached hydrogens (tertiary/aromatic N) is 2. The monoisotopic (exact) mass is 376 g/mol. The summed E-state index contributed by atoms with van der Waals surface area (Å²) in [7, 11) is 1.63. The SMILES string of the molecule is COc1ccc(C(=O)N2CCCC2)c(OC2CCN([C@@H](C)CCO)CC2)c1. The van der Waals surface area contributed by atoms with Gasteiger partial charge in [-0.15, -0.1) is 0 Å². The molecule has 0 aliphatic carbocycles. The molecule has 2 fully saturated rings. The van der Waals surface area contributed by atoms with Gasteiger partial charge in [-0.25, -0.2) is 0 Å². The maximum atomic E-state index is 12.9. The average Bonchev–Trinajstić information content (AvgIpc) is 3.23. The van der Waals surface area contributed by atoms with Crippen LogP contribution in [-0.4, -0.2) is 72.9 Å². The van der Waals surface area contributed by atoms with Crippen LogP contribution < -0.4 is 9.47 Å². The third-order valence-corrected chi connectivity index (χ3v) is 5.75. The highest BCUT2D eigenvalue weighted by molar-refractivity contribution is 5.97. The summed E-state index contributed by atoms with van der Waals surface area (Å²) in [6.45, 7) is 5.93. The molecule has 0 unspecified atom stereocenters. The van der Waals surface area contributed by atoms with Crippen molar-refractivity contribution in [3.63, 3.8) is 0 Å². The largest absolute Gasteiger partial charge is 0.497 e. The molecule has 27 heavy (non-hydrogen) atoms. The van der Waals surface area contributed by atoms with Gasteiger partial charge in [-0.3, -0.25) is 4.79 Å². The van der Waals surface area contributed by atoms with Gasteiger partial charge in [0.25, 0.3) is 5.91 Å². The number of amides is 1. The van der Waals surface area contributed by atoms with Crippen molar-refractivity contribution < 1.29 is 19.4 Å². The summed E-state index contributed by atoms with van der Waals surface area (Å²) in [6.07, 6.45) is 4.88. The summed E-state index contributed by atoms with van der Waals surface area (Å²) < 4.78 is 11.6. The van der Waals surface area contributed by atoms with Crippen LogP contribution in [0.3, 0.4) is 0 Å². The van der Waals surface area contributed by atoms with E-state index in [-0.39, 0.29) is 18.6 Å². The number of carbonyl (C=O) groups excluding carboxylic acids is 1. The van der Waals surface area contributed by atoms with Crippen molar-refractivity contribution in [3.05, 3.63) is 23.8 Å². The molecule has 150 valence electrons. The Morgan fingerprint density at radius 1 is 1.22 bits per heavy atom. The lowest BCUT2D eigenvalue weighted by molar-refractivity contribution is 0.0682. The highest BCUT2D eigenvalue weighted by Gasteiger charge is 2.27. The van der Waals surface area contributed by atoms with Gasteiger partial charge in [0.15, 0.2) is 0 Å². The number of benzene rings is 1.